The van der Waals surface area contributed by atoms with E-state index in [-0.39, 0.29) is 0 Å². The Balaban J connectivity index is 1.85. The molecule has 118 valence electrons. The summed E-state index contributed by atoms with van der Waals surface area (Å²) in [6.45, 7) is 2.08. The van der Waals surface area contributed by atoms with E-state index in [2.05, 4.69) is 69.7 Å². The lowest BCUT2D eigenvalue weighted by Gasteiger charge is -2.11. The van der Waals surface area contributed by atoms with Crippen molar-refractivity contribution >= 4 is 33.1 Å². The Morgan fingerprint density at radius 3 is 2.50 bits per heavy atom. The normalized spacial score (nSPS) is 10.9. The Kier molecular flexibility index (Phi) is 3.78. The fourth-order valence-electron chi connectivity index (χ4n) is 2.57. The molecule has 0 radical (unpaired) electrons. The van der Waals surface area contributed by atoms with Gasteiger partial charge < -0.3 is 5.32 Å². The summed E-state index contributed by atoms with van der Waals surface area (Å²) in [6.07, 6.45) is 1.76. The second-order valence-electron chi connectivity index (χ2n) is 5.61. The molecule has 1 N–H and O–H groups in total. The number of aryl methyl sites for hydroxylation is 1. The van der Waals surface area contributed by atoms with Gasteiger partial charge in [-0.05, 0) is 35.0 Å². The van der Waals surface area contributed by atoms with E-state index in [0.717, 1.165) is 32.9 Å². The molecule has 2 aromatic carbocycles. The van der Waals surface area contributed by atoms with E-state index >= 15 is 0 Å². The van der Waals surface area contributed by atoms with E-state index in [4.69, 9.17) is 4.98 Å². The maximum absolute atomic E-state index is 4.73. The van der Waals surface area contributed by atoms with Crippen LogP contribution in [0.25, 0.3) is 16.9 Å². The molecule has 4 nitrogen and oxygen atoms in total. The van der Waals surface area contributed by atoms with Gasteiger partial charge in [-0.3, -0.25) is 0 Å². The van der Waals surface area contributed by atoms with E-state index in [0.29, 0.717) is 0 Å². The molecule has 0 saturated heterocycles. The third kappa shape index (κ3) is 2.78. The summed E-state index contributed by atoms with van der Waals surface area (Å²) in [4.78, 5) is 4.73. The van der Waals surface area contributed by atoms with E-state index in [9.17, 15) is 0 Å². The Bertz CT molecular complexity index is 991. The second kappa shape index (κ2) is 6.09. The molecule has 4 rings (SSSR count). The number of aromatic nitrogens is 3. The minimum Gasteiger partial charge on any atom is -0.340 e. The average Bonchev–Trinajstić information content (AvgIpc) is 2.99. The van der Waals surface area contributed by atoms with Crippen molar-refractivity contribution in [2.75, 3.05) is 5.32 Å². The Hall–Kier alpha value is -2.66. The first-order chi connectivity index (χ1) is 11.7. The number of fused-ring (bicyclic) bond motifs is 1. The van der Waals surface area contributed by atoms with Gasteiger partial charge >= 0.3 is 0 Å². The highest BCUT2D eigenvalue weighted by Crippen LogP contribution is 2.27. The first-order valence-corrected chi connectivity index (χ1v) is 8.43. The number of hydrogen-bond acceptors (Lipinski definition) is 3. The van der Waals surface area contributed by atoms with Crippen LogP contribution in [0.1, 0.15) is 5.56 Å². The third-order valence-electron chi connectivity index (χ3n) is 3.82. The first-order valence-electron chi connectivity index (χ1n) is 7.64. The Morgan fingerprint density at radius 2 is 1.75 bits per heavy atom. The maximum Gasteiger partial charge on any atom is 0.172 e. The van der Waals surface area contributed by atoms with Crippen LogP contribution in [0.3, 0.4) is 0 Å². The molecule has 0 unspecified atom stereocenters. The van der Waals surface area contributed by atoms with E-state index in [1.165, 1.54) is 5.56 Å². The smallest absolute Gasteiger partial charge is 0.172 e. The molecule has 0 saturated carbocycles. The molecule has 5 heteroatoms. The van der Waals surface area contributed by atoms with E-state index < -0.39 is 0 Å². The topological polar surface area (TPSA) is 42.2 Å². The zero-order valence-corrected chi connectivity index (χ0v) is 14.7. The summed E-state index contributed by atoms with van der Waals surface area (Å²) in [7, 11) is 0. The van der Waals surface area contributed by atoms with Crippen molar-refractivity contribution in [1.29, 1.82) is 0 Å². The number of halogens is 1. The quantitative estimate of drug-likeness (QED) is 0.531. The molecule has 0 aliphatic heterocycles. The van der Waals surface area contributed by atoms with Crippen LogP contribution in [-0.2, 0) is 0 Å². The van der Waals surface area contributed by atoms with Crippen LogP contribution in [0, 0.1) is 6.92 Å². The maximum atomic E-state index is 4.73. The summed E-state index contributed by atoms with van der Waals surface area (Å²) in [6, 6.07) is 20.4. The molecule has 0 aliphatic carbocycles. The molecule has 0 aliphatic rings. The van der Waals surface area contributed by atoms with Crippen LogP contribution in [-0.4, -0.2) is 14.6 Å². The van der Waals surface area contributed by atoms with Gasteiger partial charge in [-0.2, -0.15) is 9.61 Å². The zero-order chi connectivity index (χ0) is 16.5. The van der Waals surface area contributed by atoms with Gasteiger partial charge in [-0.1, -0.05) is 48.0 Å². The van der Waals surface area contributed by atoms with Gasteiger partial charge in [0.1, 0.15) is 5.82 Å². The highest BCUT2D eigenvalue weighted by atomic mass is 79.9. The van der Waals surface area contributed by atoms with Crippen molar-refractivity contribution in [2.24, 2.45) is 0 Å². The fourth-order valence-corrected chi connectivity index (χ4v) is 2.91. The first kappa shape index (κ1) is 14.9. The molecule has 0 fully saturated rings. The molecule has 2 heterocycles. The summed E-state index contributed by atoms with van der Waals surface area (Å²) < 4.78 is 2.67. The van der Waals surface area contributed by atoms with Crippen molar-refractivity contribution < 1.29 is 0 Å². The summed E-state index contributed by atoms with van der Waals surface area (Å²) in [5, 5.41) is 7.85. The molecule has 4 aromatic rings. The van der Waals surface area contributed by atoms with Gasteiger partial charge in [0, 0.05) is 17.3 Å². The van der Waals surface area contributed by atoms with Crippen LogP contribution < -0.4 is 5.32 Å². The lowest BCUT2D eigenvalue weighted by atomic mass is 10.1. The van der Waals surface area contributed by atoms with Crippen LogP contribution in [0.5, 0.6) is 0 Å². The summed E-state index contributed by atoms with van der Waals surface area (Å²) >= 11 is 3.53. The molecule has 0 amide bonds. The summed E-state index contributed by atoms with van der Waals surface area (Å²) in [5.41, 5.74) is 5.00. The fraction of sp³-hybridized carbons (Fsp3) is 0.0526. The van der Waals surface area contributed by atoms with E-state index in [1.54, 1.807) is 10.7 Å². The predicted octanol–water partition coefficient (Wildman–Crippen LogP) is 5.21. The Labute approximate surface area is 148 Å². The van der Waals surface area contributed by atoms with Crippen LogP contribution in [0.2, 0.25) is 0 Å². The van der Waals surface area contributed by atoms with Gasteiger partial charge in [0.15, 0.2) is 5.65 Å². The van der Waals surface area contributed by atoms with Crippen LogP contribution in [0.4, 0.5) is 11.5 Å². The van der Waals surface area contributed by atoms with Crippen molar-refractivity contribution in [3.63, 3.8) is 0 Å². The van der Waals surface area contributed by atoms with Gasteiger partial charge in [-0.15, -0.1) is 0 Å². The van der Waals surface area contributed by atoms with Crippen LogP contribution >= 0.6 is 15.9 Å². The Morgan fingerprint density at radius 1 is 1.00 bits per heavy atom. The standard InChI is InChI=1S/C19H15BrN4/c1-13-7-9-15(10-8-13)22-18-11-17(14-5-3-2-4-6-14)23-19-16(20)12-21-24(18)19/h2-12,22H,1H3. The number of benzene rings is 2. The van der Waals surface area contributed by atoms with Crippen molar-refractivity contribution in [3.05, 3.63) is 76.9 Å². The summed E-state index contributed by atoms with van der Waals surface area (Å²) in [5.74, 6) is 0.869. The van der Waals surface area contributed by atoms with E-state index in [1.807, 2.05) is 24.3 Å². The zero-order valence-electron chi connectivity index (χ0n) is 13.1. The van der Waals surface area contributed by atoms with Crippen molar-refractivity contribution in [2.45, 2.75) is 6.92 Å². The van der Waals surface area contributed by atoms with Crippen molar-refractivity contribution in [3.8, 4) is 11.3 Å². The monoisotopic (exact) mass is 378 g/mol. The van der Waals surface area contributed by atoms with Gasteiger partial charge in [0.25, 0.3) is 0 Å². The molecule has 0 spiro atoms. The number of nitrogens with zero attached hydrogens (tertiary/aromatic N) is 3. The van der Waals surface area contributed by atoms with Crippen LogP contribution in [0.15, 0.2) is 71.3 Å². The largest absolute Gasteiger partial charge is 0.340 e. The highest BCUT2D eigenvalue weighted by molar-refractivity contribution is 9.10. The molecule has 24 heavy (non-hydrogen) atoms. The minimum absolute atomic E-state index is 0.783. The van der Waals surface area contributed by atoms with Crippen molar-refractivity contribution in [1.82, 2.24) is 14.6 Å². The van der Waals surface area contributed by atoms with Gasteiger partial charge in [-0.25, -0.2) is 4.98 Å². The lowest BCUT2D eigenvalue weighted by molar-refractivity contribution is 0.949. The molecule has 2 aromatic heterocycles. The molecule has 0 atom stereocenters. The number of anilines is 2. The average molecular weight is 379 g/mol. The number of nitrogens with one attached hydrogen (secondary N) is 1. The second-order valence-corrected chi connectivity index (χ2v) is 6.47. The molecule has 0 bridgehead atoms. The van der Waals surface area contributed by atoms with Gasteiger partial charge in [0.2, 0.25) is 0 Å². The lowest BCUT2D eigenvalue weighted by Crippen LogP contribution is -2.02. The number of hydrogen-bond donors (Lipinski definition) is 1. The number of rotatable bonds is 3. The molecular formula is C19H15BrN4. The molecular weight excluding hydrogens is 364 g/mol. The SMILES string of the molecule is Cc1ccc(Nc2cc(-c3ccccc3)nc3c(Br)cnn23)cc1. The third-order valence-corrected chi connectivity index (χ3v) is 4.38. The minimum atomic E-state index is 0.783. The highest BCUT2D eigenvalue weighted by Gasteiger charge is 2.11. The predicted molar refractivity (Wildman–Crippen MR) is 101 cm³/mol. The van der Waals surface area contributed by atoms with Gasteiger partial charge in [0.05, 0.1) is 16.4 Å².